The molecule has 1 amide bonds. The van der Waals surface area contributed by atoms with Crippen molar-refractivity contribution < 1.29 is 4.79 Å². The second-order valence-electron chi connectivity index (χ2n) is 4.84. The Bertz CT molecular complexity index is 1000. The second kappa shape index (κ2) is 7.60. The number of aromatic nitrogens is 2. The number of halogens is 2. The van der Waals surface area contributed by atoms with Crippen molar-refractivity contribution in [1.29, 1.82) is 0 Å². The number of carbonyl (C=O) groups excluding carboxylic acids is 1. The van der Waals surface area contributed by atoms with E-state index in [1.54, 1.807) is 18.2 Å². The van der Waals surface area contributed by atoms with Crippen LogP contribution in [0.3, 0.4) is 0 Å². The summed E-state index contributed by atoms with van der Waals surface area (Å²) >= 11 is 13.2. The molecule has 0 spiro atoms. The molecule has 0 aliphatic carbocycles. The first kappa shape index (κ1) is 17.3. The summed E-state index contributed by atoms with van der Waals surface area (Å²) in [5.41, 5.74) is 2.87. The van der Waals surface area contributed by atoms with Gasteiger partial charge in [0.15, 0.2) is 0 Å². The van der Waals surface area contributed by atoms with E-state index >= 15 is 0 Å². The molecular weight excluding hydrogens is 383 g/mol. The fourth-order valence-electron chi connectivity index (χ4n) is 1.95. The molecule has 0 aliphatic rings. The number of hydrazone groups is 1. The third kappa shape index (κ3) is 4.33. The summed E-state index contributed by atoms with van der Waals surface area (Å²) in [6.45, 7) is 0. The highest BCUT2D eigenvalue weighted by molar-refractivity contribution is 7.13. The lowest BCUT2D eigenvalue weighted by Crippen LogP contribution is -2.24. The van der Waals surface area contributed by atoms with E-state index in [2.05, 4.69) is 20.5 Å². The highest BCUT2D eigenvalue weighted by atomic mass is 35.5. The van der Waals surface area contributed by atoms with E-state index in [0.717, 1.165) is 4.88 Å². The number of carbonyl (C=O) groups is 1. The van der Waals surface area contributed by atoms with Crippen LogP contribution >= 0.6 is 34.5 Å². The number of amides is 1. The van der Waals surface area contributed by atoms with Gasteiger partial charge in [-0.15, -0.1) is 11.3 Å². The number of hydrogen-bond acceptors (Lipinski definition) is 5. The molecule has 25 heavy (non-hydrogen) atoms. The van der Waals surface area contributed by atoms with E-state index in [-0.39, 0.29) is 5.69 Å². The molecule has 6 nitrogen and oxygen atoms in total. The van der Waals surface area contributed by atoms with Crippen LogP contribution in [0, 0.1) is 0 Å². The molecule has 0 aliphatic heterocycles. The van der Waals surface area contributed by atoms with Gasteiger partial charge in [0.05, 0.1) is 26.8 Å². The van der Waals surface area contributed by atoms with Crippen molar-refractivity contribution in [3.05, 3.63) is 73.6 Å². The van der Waals surface area contributed by atoms with E-state index in [4.69, 9.17) is 23.2 Å². The predicted molar refractivity (Wildman–Crippen MR) is 99.7 cm³/mol. The molecule has 0 saturated carbocycles. The summed E-state index contributed by atoms with van der Waals surface area (Å²) in [7, 11) is 0. The van der Waals surface area contributed by atoms with Crippen molar-refractivity contribution >= 4 is 46.7 Å². The second-order valence-corrected chi connectivity index (χ2v) is 6.60. The van der Waals surface area contributed by atoms with E-state index in [9.17, 15) is 9.59 Å². The normalized spacial score (nSPS) is 11.0. The first-order valence-electron chi connectivity index (χ1n) is 6.96. The fourth-order valence-corrected chi connectivity index (χ4v) is 2.96. The van der Waals surface area contributed by atoms with Gasteiger partial charge in [0.2, 0.25) is 0 Å². The van der Waals surface area contributed by atoms with Crippen LogP contribution in [0.25, 0.3) is 10.6 Å². The minimum atomic E-state index is -0.607. The maximum absolute atomic E-state index is 12.1. The molecule has 0 atom stereocenters. The molecule has 1 aromatic carbocycles. The minimum Gasteiger partial charge on any atom is -0.305 e. The molecule has 2 heterocycles. The molecular formula is C16H10Cl2N4O2S. The highest BCUT2D eigenvalue weighted by Gasteiger charge is 2.11. The Morgan fingerprint density at radius 2 is 2.08 bits per heavy atom. The zero-order chi connectivity index (χ0) is 17.8. The maximum atomic E-state index is 12.1. The van der Waals surface area contributed by atoms with Crippen LogP contribution in [0.2, 0.25) is 10.0 Å². The number of H-pyrrole nitrogens is 1. The molecule has 2 N–H and O–H groups in total. The molecule has 0 fully saturated rings. The number of rotatable bonds is 4. The molecule has 2 aromatic heterocycles. The van der Waals surface area contributed by atoms with Crippen molar-refractivity contribution in [2.45, 2.75) is 0 Å². The van der Waals surface area contributed by atoms with E-state index < -0.39 is 11.6 Å². The Balaban J connectivity index is 1.76. The van der Waals surface area contributed by atoms with Crippen molar-refractivity contribution in [1.82, 2.24) is 15.4 Å². The van der Waals surface area contributed by atoms with E-state index in [0.29, 0.717) is 21.3 Å². The number of nitrogens with zero attached hydrogens (tertiary/aromatic N) is 2. The Labute approximate surface area is 156 Å². The van der Waals surface area contributed by atoms with E-state index in [1.807, 2.05) is 17.5 Å². The minimum absolute atomic E-state index is 0.0292. The smallest absolute Gasteiger partial charge is 0.305 e. The van der Waals surface area contributed by atoms with Crippen molar-refractivity contribution in [3.63, 3.8) is 0 Å². The summed E-state index contributed by atoms with van der Waals surface area (Å²) in [6, 6.07) is 10.1. The van der Waals surface area contributed by atoms with Crippen LogP contribution in [-0.2, 0) is 0 Å². The predicted octanol–water partition coefficient (Wildman–Crippen LogP) is 3.57. The van der Waals surface area contributed by atoms with Gasteiger partial charge in [-0.2, -0.15) is 10.1 Å². The van der Waals surface area contributed by atoms with Gasteiger partial charge in [-0.05, 0) is 35.2 Å². The number of benzene rings is 1. The molecule has 3 aromatic rings. The molecule has 0 bridgehead atoms. The van der Waals surface area contributed by atoms with Gasteiger partial charge in [-0.1, -0.05) is 35.3 Å². The fraction of sp³-hybridized carbons (Fsp3) is 0. The topological polar surface area (TPSA) is 87.2 Å². The van der Waals surface area contributed by atoms with Gasteiger partial charge in [0.25, 0.3) is 5.91 Å². The molecule has 0 saturated heterocycles. The lowest BCUT2D eigenvalue weighted by atomic mass is 10.2. The van der Waals surface area contributed by atoms with E-state index in [1.165, 1.54) is 23.6 Å². The maximum Gasteiger partial charge on any atom is 0.346 e. The molecule has 0 radical (unpaired) electrons. The Hall–Kier alpha value is -2.48. The monoisotopic (exact) mass is 392 g/mol. The van der Waals surface area contributed by atoms with Gasteiger partial charge in [0.1, 0.15) is 5.69 Å². The zero-order valence-corrected chi connectivity index (χ0v) is 14.8. The number of thiophene rings is 1. The summed E-state index contributed by atoms with van der Waals surface area (Å²) < 4.78 is 0. The third-order valence-electron chi connectivity index (χ3n) is 3.09. The van der Waals surface area contributed by atoms with Crippen LogP contribution in [-0.4, -0.2) is 22.1 Å². The van der Waals surface area contributed by atoms with Crippen molar-refractivity contribution in [3.8, 4) is 10.6 Å². The van der Waals surface area contributed by atoms with Crippen LogP contribution in [0.5, 0.6) is 0 Å². The lowest BCUT2D eigenvalue weighted by molar-refractivity contribution is 0.0949. The standard InChI is InChI=1S/C16H10Cl2N4O2S/c17-10-4-3-9(6-11(10)18)8-19-22-15(23)13-7-12(20-16(24)21-13)14-2-1-5-25-14/h1-8H,(H,22,23)(H,20,21,24)/b19-8+. The molecule has 0 unspecified atom stereocenters. The summed E-state index contributed by atoms with van der Waals surface area (Å²) in [5.74, 6) is -0.597. The van der Waals surface area contributed by atoms with Gasteiger partial charge >= 0.3 is 5.69 Å². The molecule has 126 valence electrons. The van der Waals surface area contributed by atoms with Crippen molar-refractivity contribution in [2.24, 2.45) is 5.10 Å². The Kier molecular flexibility index (Phi) is 5.28. The van der Waals surface area contributed by atoms with Gasteiger partial charge < -0.3 is 4.98 Å². The van der Waals surface area contributed by atoms with Crippen LogP contribution in [0.1, 0.15) is 16.1 Å². The van der Waals surface area contributed by atoms with Gasteiger partial charge in [0, 0.05) is 0 Å². The lowest BCUT2D eigenvalue weighted by Gasteiger charge is -2.02. The van der Waals surface area contributed by atoms with Gasteiger partial charge in [-0.3, -0.25) is 4.79 Å². The van der Waals surface area contributed by atoms with Gasteiger partial charge in [-0.25, -0.2) is 10.2 Å². The third-order valence-corrected chi connectivity index (χ3v) is 4.73. The first-order valence-corrected chi connectivity index (χ1v) is 8.60. The largest absolute Gasteiger partial charge is 0.346 e. The average molecular weight is 393 g/mol. The van der Waals surface area contributed by atoms with Crippen molar-refractivity contribution in [2.75, 3.05) is 0 Å². The number of aromatic amines is 1. The van der Waals surface area contributed by atoms with Crippen LogP contribution in [0.4, 0.5) is 0 Å². The molecule has 3 rings (SSSR count). The Morgan fingerprint density at radius 1 is 1.24 bits per heavy atom. The summed E-state index contributed by atoms with van der Waals surface area (Å²) in [4.78, 5) is 30.9. The van der Waals surface area contributed by atoms with Crippen LogP contribution < -0.4 is 11.1 Å². The Morgan fingerprint density at radius 3 is 2.80 bits per heavy atom. The SMILES string of the molecule is O=C(N/N=C/c1ccc(Cl)c(Cl)c1)c1cc(-c2cccs2)[nH]c(=O)n1. The quantitative estimate of drug-likeness (QED) is 0.525. The highest BCUT2D eigenvalue weighted by Crippen LogP contribution is 2.22. The first-order chi connectivity index (χ1) is 12.0. The average Bonchev–Trinajstić information content (AvgIpc) is 3.12. The molecule has 9 heteroatoms. The number of hydrogen-bond donors (Lipinski definition) is 2. The van der Waals surface area contributed by atoms with Crippen LogP contribution in [0.15, 0.2) is 51.7 Å². The summed E-state index contributed by atoms with van der Waals surface area (Å²) in [5, 5.41) is 6.52. The number of nitrogens with one attached hydrogen (secondary N) is 2. The zero-order valence-electron chi connectivity index (χ0n) is 12.5. The summed E-state index contributed by atoms with van der Waals surface area (Å²) in [6.07, 6.45) is 1.41.